The molecular formula is C19H23N3O. The number of aryl methyl sites for hydroxylation is 1. The quantitative estimate of drug-likeness (QED) is 0.870. The molecule has 1 atom stereocenters. The summed E-state index contributed by atoms with van der Waals surface area (Å²) in [4.78, 5) is 10.7. The van der Waals surface area contributed by atoms with E-state index in [0.29, 0.717) is 11.5 Å². The van der Waals surface area contributed by atoms with Crippen molar-refractivity contribution in [2.24, 2.45) is 5.41 Å². The Labute approximate surface area is 137 Å². The molecule has 3 heterocycles. The smallest absolute Gasteiger partial charge is 0.115 e. The zero-order valence-electron chi connectivity index (χ0n) is 13.6. The molecule has 2 aliphatic rings. The van der Waals surface area contributed by atoms with Crippen LogP contribution in [0.1, 0.15) is 23.1 Å². The summed E-state index contributed by atoms with van der Waals surface area (Å²) in [5, 5.41) is 0. The minimum absolute atomic E-state index is 0.321. The van der Waals surface area contributed by atoms with Crippen LogP contribution in [0.5, 0.6) is 0 Å². The van der Waals surface area contributed by atoms with Crippen molar-refractivity contribution < 1.29 is 4.74 Å². The largest absolute Gasteiger partial charge is 0.377 e. The number of aromatic nitrogens is 2. The fourth-order valence-corrected chi connectivity index (χ4v) is 3.99. The monoisotopic (exact) mass is 309 g/mol. The predicted octanol–water partition coefficient (Wildman–Crippen LogP) is 2.62. The maximum absolute atomic E-state index is 6.05. The molecule has 23 heavy (non-hydrogen) atoms. The Morgan fingerprint density at radius 2 is 2.00 bits per heavy atom. The first kappa shape index (κ1) is 14.8. The van der Waals surface area contributed by atoms with Crippen molar-refractivity contribution in [3.63, 3.8) is 0 Å². The fraction of sp³-hybridized carbons (Fsp3) is 0.474. The van der Waals surface area contributed by atoms with Crippen molar-refractivity contribution in [1.82, 2.24) is 14.9 Å². The number of ether oxygens (including phenoxy) is 1. The van der Waals surface area contributed by atoms with Gasteiger partial charge in [-0.2, -0.15) is 0 Å². The molecule has 4 heteroatoms. The van der Waals surface area contributed by atoms with Gasteiger partial charge in [-0.3, -0.25) is 4.90 Å². The van der Waals surface area contributed by atoms with Crippen LogP contribution in [-0.4, -0.2) is 40.7 Å². The summed E-state index contributed by atoms with van der Waals surface area (Å²) < 4.78 is 6.05. The Bertz CT molecular complexity index is 667. The van der Waals surface area contributed by atoms with E-state index in [1.54, 1.807) is 6.33 Å². The summed E-state index contributed by atoms with van der Waals surface area (Å²) in [5.74, 6) is 0. The minimum Gasteiger partial charge on any atom is -0.377 e. The van der Waals surface area contributed by atoms with Gasteiger partial charge < -0.3 is 4.74 Å². The Balaban J connectivity index is 1.30. The number of benzene rings is 1. The van der Waals surface area contributed by atoms with E-state index in [9.17, 15) is 0 Å². The molecule has 2 fully saturated rings. The average Bonchev–Trinajstić information content (AvgIpc) is 2.94. The molecule has 2 aliphatic heterocycles. The van der Waals surface area contributed by atoms with Crippen LogP contribution >= 0.6 is 0 Å². The molecule has 0 unspecified atom stereocenters. The first-order chi connectivity index (χ1) is 11.2. The normalized spacial score (nSPS) is 23.1. The van der Waals surface area contributed by atoms with Crippen molar-refractivity contribution in [2.45, 2.75) is 32.4 Å². The van der Waals surface area contributed by atoms with E-state index in [1.807, 2.05) is 12.4 Å². The van der Waals surface area contributed by atoms with Gasteiger partial charge in [-0.15, -0.1) is 0 Å². The van der Waals surface area contributed by atoms with Crippen LogP contribution in [0, 0.1) is 12.3 Å². The molecule has 0 amide bonds. The van der Waals surface area contributed by atoms with Gasteiger partial charge in [0.1, 0.15) is 6.33 Å². The molecule has 0 N–H and O–H groups in total. The Morgan fingerprint density at radius 1 is 1.22 bits per heavy atom. The lowest BCUT2D eigenvalue weighted by Crippen LogP contribution is -2.56. The predicted molar refractivity (Wildman–Crippen MR) is 89.0 cm³/mol. The Morgan fingerprint density at radius 3 is 2.78 bits per heavy atom. The van der Waals surface area contributed by atoms with E-state index < -0.39 is 0 Å². The first-order valence-electron chi connectivity index (χ1n) is 8.35. The lowest BCUT2D eigenvalue weighted by Gasteiger charge is -2.47. The summed E-state index contributed by atoms with van der Waals surface area (Å²) in [6.07, 6.45) is 7.78. The maximum Gasteiger partial charge on any atom is 0.115 e. The van der Waals surface area contributed by atoms with E-state index in [4.69, 9.17) is 4.74 Å². The van der Waals surface area contributed by atoms with Crippen molar-refractivity contribution in [3.05, 3.63) is 59.7 Å². The molecule has 1 aromatic heterocycles. The second kappa shape index (κ2) is 6.02. The molecule has 0 bridgehead atoms. The van der Waals surface area contributed by atoms with E-state index in [2.05, 4.69) is 46.1 Å². The van der Waals surface area contributed by atoms with Gasteiger partial charge in [-0.25, -0.2) is 9.97 Å². The van der Waals surface area contributed by atoms with Crippen LogP contribution in [0.3, 0.4) is 0 Å². The van der Waals surface area contributed by atoms with Crippen molar-refractivity contribution >= 4 is 0 Å². The van der Waals surface area contributed by atoms with Crippen LogP contribution in [0.2, 0.25) is 0 Å². The van der Waals surface area contributed by atoms with Crippen LogP contribution in [0.25, 0.3) is 0 Å². The highest BCUT2D eigenvalue weighted by Crippen LogP contribution is 2.42. The van der Waals surface area contributed by atoms with Crippen LogP contribution < -0.4 is 0 Å². The van der Waals surface area contributed by atoms with Gasteiger partial charge in [0, 0.05) is 43.9 Å². The third-order valence-corrected chi connectivity index (χ3v) is 5.14. The van der Waals surface area contributed by atoms with Gasteiger partial charge in [0.05, 0.1) is 12.7 Å². The molecular weight excluding hydrogens is 286 g/mol. The van der Waals surface area contributed by atoms with Crippen molar-refractivity contribution in [3.8, 4) is 0 Å². The second-order valence-electron chi connectivity index (χ2n) is 7.16. The number of nitrogens with zero attached hydrogens (tertiary/aromatic N) is 3. The molecule has 0 aliphatic carbocycles. The molecule has 1 aromatic carbocycles. The highest BCUT2D eigenvalue weighted by Gasteiger charge is 2.48. The lowest BCUT2D eigenvalue weighted by atomic mass is 9.77. The van der Waals surface area contributed by atoms with Gasteiger partial charge in [-0.1, -0.05) is 24.3 Å². The van der Waals surface area contributed by atoms with Crippen molar-refractivity contribution in [1.29, 1.82) is 0 Å². The molecule has 4 nitrogen and oxygen atoms in total. The number of rotatable bonds is 4. The highest BCUT2D eigenvalue weighted by molar-refractivity contribution is 5.26. The zero-order chi connectivity index (χ0) is 15.7. The minimum atomic E-state index is 0.321. The molecule has 1 spiro atoms. The summed E-state index contributed by atoms with van der Waals surface area (Å²) >= 11 is 0. The molecule has 0 radical (unpaired) electrons. The van der Waals surface area contributed by atoms with Gasteiger partial charge >= 0.3 is 0 Å². The summed E-state index contributed by atoms with van der Waals surface area (Å²) in [7, 11) is 0. The summed E-state index contributed by atoms with van der Waals surface area (Å²) in [6, 6.07) is 8.68. The third kappa shape index (κ3) is 3.14. The number of likely N-dealkylation sites (tertiary alicyclic amines) is 1. The summed E-state index contributed by atoms with van der Waals surface area (Å²) in [5.41, 5.74) is 4.38. The van der Waals surface area contributed by atoms with E-state index in [0.717, 1.165) is 39.1 Å². The van der Waals surface area contributed by atoms with Crippen LogP contribution in [0.4, 0.5) is 0 Å². The standard InChI is InChI=1S/C19H23N3O/c1-15-4-2-3-5-17(15)10-22-11-19(12-22)7-18(23-13-19)6-16-8-20-14-21-9-16/h2-5,8-9,14,18H,6-7,10-13H2,1H3/t18-/m0/s1. The van der Waals surface area contributed by atoms with Gasteiger partial charge in [0.15, 0.2) is 0 Å². The molecule has 120 valence electrons. The first-order valence-corrected chi connectivity index (χ1v) is 8.35. The molecule has 2 aromatic rings. The average molecular weight is 309 g/mol. The maximum atomic E-state index is 6.05. The van der Waals surface area contributed by atoms with E-state index >= 15 is 0 Å². The topological polar surface area (TPSA) is 38.2 Å². The van der Waals surface area contributed by atoms with Gasteiger partial charge in [0.2, 0.25) is 0 Å². The number of hydrogen-bond donors (Lipinski definition) is 0. The SMILES string of the molecule is Cc1ccccc1CN1CC2(CO[C@@H](Cc3cncnc3)C2)C1. The third-order valence-electron chi connectivity index (χ3n) is 5.14. The van der Waals surface area contributed by atoms with Gasteiger partial charge in [0.25, 0.3) is 0 Å². The van der Waals surface area contributed by atoms with E-state index in [-0.39, 0.29) is 0 Å². The van der Waals surface area contributed by atoms with Gasteiger partial charge in [-0.05, 0) is 30.0 Å². The highest BCUT2D eigenvalue weighted by atomic mass is 16.5. The molecule has 4 rings (SSSR count). The van der Waals surface area contributed by atoms with Crippen LogP contribution in [0.15, 0.2) is 43.0 Å². The molecule has 0 saturated carbocycles. The van der Waals surface area contributed by atoms with E-state index in [1.165, 1.54) is 16.7 Å². The zero-order valence-corrected chi connectivity index (χ0v) is 13.6. The Hall–Kier alpha value is -1.78. The summed E-state index contributed by atoms with van der Waals surface area (Å²) in [6.45, 7) is 6.47. The second-order valence-corrected chi connectivity index (χ2v) is 7.16. The lowest BCUT2D eigenvalue weighted by molar-refractivity contribution is -0.0141. The van der Waals surface area contributed by atoms with Crippen molar-refractivity contribution in [2.75, 3.05) is 19.7 Å². The Kier molecular flexibility index (Phi) is 3.87. The molecule has 2 saturated heterocycles. The fourth-order valence-electron chi connectivity index (χ4n) is 3.99. The van der Waals surface area contributed by atoms with Crippen LogP contribution in [-0.2, 0) is 17.7 Å². The number of hydrogen-bond acceptors (Lipinski definition) is 4.